The molecule has 1 saturated heterocycles. The number of carbonyl (C=O) groups is 2. The van der Waals surface area contributed by atoms with Crippen LogP contribution in [0.2, 0.25) is 0 Å². The highest BCUT2D eigenvalue weighted by molar-refractivity contribution is 6.26. The number of nitrogens with zero attached hydrogens (tertiary/aromatic N) is 1. The molecule has 130 valence electrons. The second kappa shape index (κ2) is 6.13. The first-order valence-corrected chi connectivity index (χ1v) is 8.68. The number of hydrogen-bond donors (Lipinski definition) is 3. The van der Waals surface area contributed by atoms with Gasteiger partial charge < -0.3 is 16.2 Å². The quantitative estimate of drug-likeness (QED) is 0.782. The number of rotatable bonds is 4. The molecule has 2 heterocycles. The van der Waals surface area contributed by atoms with E-state index in [1.54, 1.807) is 4.90 Å². The van der Waals surface area contributed by atoms with Crippen LogP contribution in [0.1, 0.15) is 35.2 Å². The minimum Gasteiger partial charge on any atom is -0.374 e. The van der Waals surface area contributed by atoms with Gasteiger partial charge in [-0.05, 0) is 55.3 Å². The summed E-state index contributed by atoms with van der Waals surface area (Å²) in [6.45, 7) is 0.609. The maximum Gasteiger partial charge on any atom is 0.259 e. The topological polar surface area (TPSA) is 95.7 Å². The summed E-state index contributed by atoms with van der Waals surface area (Å²) >= 11 is 0. The lowest BCUT2D eigenvalue weighted by atomic mass is 9.99. The third-order valence-electron chi connectivity index (χ3n) is 5.03. The van der Waals surface area contributed by atoms with Crippen molar-refractivity contribution in [2.45, 2.75) is 38.0 Å². The van der Waals surface area contributed by atoms with Crippen molar-refractivity contribution in [3.8, 4) is 0 Å². The van der Waals surface area contributed by atoms with E-state index in [1.165, 1.54) is 0 Å². The summed E-state index contributed by atoms with van der Waals surface area (Å²) in [5.74, 6) is -0.447. The molecule has 2 unspecified atom stereocenters. The maximum atomic E-state index is 13.1. The lowest BCUT2D eigenvalue weighted by Crippen LogP contribution is -2.55. The molecule has 2 aliphatic heterocycles. The van der Waals surface area contributed by atoms with Gasteiger partial charge in [-0.15, -0.1) is 0 Å². The Morgan fingerprint density at radius 3 is 2.84 bits per heavy atom. The number of aryl methyl sites for hydroxylation is 1. The van der Waals surface area contributed by atoms with E-state index in [9.17, 15) is 14.7 Å². The number of aliphatic hydroxyl groups excluding tert-OH is 1. The Morgan fingerprint density at radius 1 is 1.24 bits per heavy atom. The number of piperidine rings is 1. The first-order chi connectivity index (χ1) is 12.1. The van der Waals surface area contributed by atoms with Crippen molar-refractivity contribution < 1.29 is 14.7 Å². The van der Waals surface area contributed by atoms with Gasteiger partial charge in [0.15, 0.2) is 0 Å². The van der Waals surface area contributed by atoms with E-state index < -0.39 is 12.3 Å². The molecule has 2 atom stereocenters. The first-order valence-electron chi connectivity index (χ1n) is 8.68. The summed E-state index contributed by atoms with van der Waals surface area (Å²) in [7, 11) is 0. The van der Waals surface area contributed by atoms with E-state index in [2.05, 4.69) is 11.4 Å². The zero-order valence-electron chi connectivity index (χ0n) is 13.9. The van der Waals surface area contributed by atoms with Gasteiger partial charge in [-0.25, -0.2) is 0 Å². The molecule has 0 aliphatic carbocycles. The van der Waals surface area contributed by atoms with Gasteiger partial charge in [0, 0.05) is 5.39 Å². The Hall–Kier alpha value is -2.44. The average molecular weight is 339 g/mol. The highest BCUT2D eigenvalue weighted by Crippen LogP contribution is 2.40. The summed E-state index contributed by atoms with van der Waals surface area (Å²) < 4.78 is 0. The van der Waals surface area contributed by atoms with Gasteiger partial charge in [0.1, 0.15) is 12.3 Å². The minimum absolute atomic E-state index is 0.141. The van der Waals surface area contributed by atoms with Gasteiger partial charge in [0.2, 0.25) is 5.91 Å². The van der Waals surface area contributed by atoms with Gasteiger partial charge in [-0.2, -0.15) is 0 Å². The molecule has 0 aromatic heterocycles. The molecular formula is C19H21N3O3. The Bertz CT molecular complexity index is 864. The van der Waals surface area contributed by atoms with Crippen molar-refractivity contribution in [2.24, 2.45) is 5.73 Å². The average Bonchev–Trinajstić information content (AvgIpc) is 2.87. The minimum atomic E-state index is -0.831. The second-order valence-corrected chi connectivity index (χ2v) is 6.70. The fourth-order valence-corrected chi connectivity index (χ4v) is 3.86. The van der Waals surface area contributed by atoms with Crippen LogP contribution in [0.3, 0.4) is 0 Å². The molecule has 0 spiro atoms. The zero-order chi connectivity index (χ0) is 17.6. The molecule has 2 aromatic rings. The van der Waals surface area contributed by atoms with Crippen LogP contribution < -0.4 is 16.0 Å². The standard InChI is InChI=1S/C19H21N3O3/c20-8-2-3-11-9-12-4-1-5-14-17(12)13(10-11)19(25)22(14)15-6-7-16(23)21-18(15)24/h1,4-5,9-10,15-16,23H,2-3,6-8,20H2,(H,21,24). The summed E-state index contributed by atoms with van der Waals surface area (Å²) in [6, 6.07) is 9.24. The SMILES string of the molecule is NCCCc1cc2c3c(cccc3c1)N(C1CCC(O)NC1=O)C2=O. The summed E-state index contributed by atoms with van der Waals surface area (Å²) in [4.78, 5) is 27.0. The Balaban J connectivity index is 1.77. The van der Waals surface area contributed by atoms with Gasteiger partial charge in [-0.3, -0.25) is 14.5 Å². The van der Waals surface area contributed by atoms with Crippen LogP contribution in [0.15, 0.2) is 30.3 Å². The molecule has 0 bridgehead atoms. The van der Waals surface area contributed by atoms with Crippen LogP contribution in [0, 0.1) is 0 Å². The van der Waals surface area contributed by atoms with E-state index in [-0.39, 0.29) is 11.8 Å². The van der Waals surface area contributed by atoms with Gasteiger partial charge in [0.25, 0.3) is 5.91 Å². The Kier molecular flexibility index (Phi) is 3.94. The number of hydrogen-bond acceptors (Lipinski definition) is 4. The fraction of sp³-hybridized carbons (Fsp3) is 0.368. The molecule has 2 aromatic carbocycles. The molecule has 6 nitrogen and oxygen atoms in total. The monoisotopic (exact) mass is 339 g/mol. The third-order valence-corrected chi connectivity index (χ3v) is 5.03. The summed E-state index contributed by atoms with van der Waals surface area (Å²) in [5, 5.41) is 14.1. The Labute approximate surface area is 145 Å². The van der Waals surface area contributed by atoms with Gasteiger partial charge in [0.05, 0.1) is 11.3 Å². The third kappa shape index (κ3) is 2.58. The molecule has 0 radical (unpaired) electrons. The van der Waals surface area contributed by atoms with Crippen molar-refractivity contribution in [3.05, 3.63) is 41.5 Å². The van der Waals surface area contributed by atoms with Gasteiger partial charge >= 0.3 is 0 Å². The van der Waals surface area contributed by atoms with E-state index in [0.29, 0.717) is 24.9 Å². The van der Waals surface area contributed by atoms with Crippen molar-refractivity contribution in [1.82, 2.24) is 5.32 Å². The first kappa shape index (κ1) is 16.1. The molecule has 6 heteroatoms. The van der Waals surface area contributed by atoms with E-state index in [0.717, 1.165) is 34.9 Å². The van der Waals surface area contributed by atoms with Crippen molar-refractivity contribution in [2.75, 3.05) is 11.4 Å². The number of nitrogens with one attached hydrogen (secondary N) is 1. The number of amides is 2. The highest BCUT2D eigenvalue weighted by atomic mass is 16.3. The number of aliphatic hydroxyl groups is 1. The lowest BCUT2D eigenvalue weighted by Gasteiger charge is -2.32. The fourth-order valence-electron chi connectivity index (χ4n) is 3.86. The predicted octanol–water partition coefficient (Wildman–Crippen LogP) is 1.29. The van der Waals surface area contributed by atoms with Crippen LogP contribution in [0.25, 0.3) is 10.8 Å². The van der Waals surface area contributed by atoms with Crippen molar-refractivity contribution in [3.63, 3.8) is 0 Å². The molecule has 1 fully saturated rings. The molecule has 25 heavy (non-hydrogen) atoms. The smallest absolute Gasteiger partial charge is 0.259 e. The lowest BCUT2D eigenvalue weighted by molar-refractivity contribution is -0.128. The molecule has 0 saturated carbocycles. The summed E-state index contributed by atoms with van der Waals surface area (Å²) in [6.07, 6.45) is 1.75. The number of benzene rings is 2. The number of anilines is 1. The van der Waals surface area contributed by atoms with Gasteiger partial charge in [-0.1, -0.05) is 18.2 Å². The Morgan fingerprint density at radius 2 is 2.08 bits per heavy atom. The van der Waals surface area contributed by atoms with Crippen LogP contribution in [0.4, 0.5) is 5.69 Å². The highest BCUT2D eigenvalue weighted by Gasteiger charge is 2.40. The van der Waals surface area contributed by atoms with E-state index >= 15 is 0 Å². The molecule has 2 amide bonds. The normalized spacial score (nSPS) is 22.6. The van der Waals surface area contributed by atoms with Crippen LogP contribution in [0.5, 0.6) is 0 Å². The van der Waals surface area contributed by atoms with Crippen LogP contribution in [-0.4, -0.2) is 35.7 Å². The number of carbonyl (C=O) groups excluding carboxylic acids is 2. The van der Waals surface area contributed by atoms with Crippen LogP contribution in [-0.2, 0) is 11.2 Å². The van der Waals surface area contributed by atoms with E-state index in [1.807, 2.05) is 24.3 Å². The zero-order valence-corrected chi connectivity index (χ0v) is 13.9. The number of nitrogens with two attached hydrogens (primary N) is 1. The largest absolute Gasteiger partial charge is 0.374 e. The molecule has 2 aliphatic rings. The summed E-state index contributed by atoms with van der Waals surface area (Å²) in [5.41, 5.74) is 8.12. The van der Waals surface area contributed by atoms with Crippen LogP contribution >= 0.6 is 0 Å². The molecular weight excluding hydrogens is 318 g/mol. The van der Waals surface area contributed by atoms with Crippen molar-refractivity contribution in [1.29, 1.82) is 0 Å². The van der Waals surface area contributed by atoms with E-state index in [4.69, 9.17) is 5.73 Å². The second-order valence-electron chi connectivity index (χ2n) is 6.70. The molecule has 4 N–H and O–H groups in total. The maximum absolute atomic E-state index is 13.1. The molecule has 4 rings (SSSR count). The predicted molar refractivity (Wildman–Crippen MR) is 95.3 cm³/mol. The van der Waals surface area contributed by atoms with Crippen molar-refractivity contribution >= 4 is 28.3 Å².